The molecule has 4 heterocycles. The van der Waals surface area contributed by atoms with E-state index in [-0.39, 0.29) is 23.8 Å². The highest BCUT2D eigenvalue weighted by Gasteiger charge is 2.36. The fourth-order valence-corrected chi connectivity index (χ4v) is 7.33. The Morgan fingerprint density at radius 2 is 2.03 bits per heavy atom. The summed E-state index contributed by atoms with van der Waals surface area (Å²) in [5.74, 6) is -0.000111. The zero-order valence-electron chi connectivity index (χ0n) is 19.4. The zero-order valence-corrected chi connectivity index (χ0v) is 21.0. The zero-order chi connectivity index (χ0) is 23.5. The van der Waals surface area contributed by atoms with Crippen molar-refractivity contribution < 1.29 is 18.7 Å². The maximum absolute atomic E-state index is 12.9. The molecule has 1 N–H and O–H groups in total. The molecule has 1 atom stereocenters. The van der Waals surface area contributed by atoms with Gasteiger partial charge in [0.1, 0.15) is 5.00 Å². The minimum absolute atomic E-state index is 0.0327. The van der Waals surface area contributed by atoms with Crippen molar-refractivity contribution in [2.45, 2.75) is 51.5 Å². The lowest BCUT2D eigenvalue weighted by Crippen LogP contribution is -2.40. The van der Waals surface area contributed by atoms with E-state index in [1.54, 1.807) is 34.8 Å². The largest absolute Gasteiger partial charge is 0.466 e. The Balaban J connectivity index is 1.49. The van der Waals surface area contributed by atoms with Crippen LogP contribution in [0.3, 0.4) is 0 Å². The van der Waals surface area contributed by atoms with Gasteiger partial charge in [-0.05, 0) is 87.7 Å². The Morgan fingerprint density at radius 3 is 2.74 bits per heavy atom. The van der Waals surface area contributed by atoms with Crippen LogP contribution in [-0.2, 0) is 22.4 Å². The molecular weight excluding hydrogens is 468 g/mol. The first kappa shape index (κ1) is 23.3. The second-order valence-electron chi connectivity index (χ2n) is 8.87. The minimum atomic E-state index is -0.212. The average Bonchev–Trinajstić information content (AvgIpc) is 3.62. The first-order valence-corrected chi connectivity index (χ1v) is 13.8. The number of amides is 1. The molecule has 1 saturated heterocycles. The second kappa shape index (κ2) is 10.5. The molecular formula is C26H30N2O4S2. The topological polar surface area (TPSA) is 71.8 Å². The van der Waals surface area contributed by atoms with Crippen molar-refractivity contribution in [3.63, 3.8) is 0 Å². The van der Waals surface area contributed by atoms with Gasteiger partial charge in [0.25, 0.3) is 5.91 Å². The number of anilines is 1. The number of nitrogens with one attached hydrogen (secondary N) is 1. The Morgan fingerprint density at radius 1 is 1.21 bits per heavy atom. The fraction of sp³-hybridized carbons (Fsp3) is 0.462. The molecule has 5 rings (SSSR count). The molecule has 0 radical (unpaired) electrons. The van der Waals surface area contributed by atoms with Crippen LogP contribution >= 0.6 is 22.7 Å². The van der Waals surface area contributed by atoms with Gasteiger partial charge in [-0.3, -0.25) is 14.5 Å². The molecule has 1 aliphatic carbocycles. The number of hydrogen-bond donors (Lipinski definition) is 1. The molecule has 1 amide bonds. The Labute approximate surface area is 207 Å². The summed E-state index contributed by atoms with van der Waals surface area (Å²) >= 11 is 3.47. The van der Waals surface area contributed by atoms with Crippen molar-refractivity contribution in [3.8, 4) is 0 Å². The molecule has 34 heavy (non-hydrogen) atoms. The van der Waals surface area contributed by atoms with Crippen LogP contribution in [0.2, 0.25) is 0 Å². The highest BCUT2D eigenvalue weighted by atomic mass is 32.1. The number of likely N-dealkylation sites (tertiary alicyclic amines) is 1. The van der Waals surface area contributed by atoms with Crippen LogP contribution < -0.4 is 5.32 Å². The van der Waals surface area contributed by atoms with E-state index in [1.807, 2.05) is 6.92 Å². The molecule has 3 aromatic heterocycles. The van der Waals surface area contributed by atoms with Crippen molar-refractivity contribution in [1.82, 2.24) is 4.90 Å². The maximum Gasteiger partial charge on any atom is 0.309 e. The highest BCUT2D eigenvalue weighted by molar-refractivity contribution is 7.16. The number of aryl methyl sites for hydroxylation is 1. The van der Waals surface area contributed by atoms with Crippen molar-refractivity contribution in [2.75, 3.05) is 25.0 Å². The lowest BCUT2D eigenvalue weighted by Gasteiger charge is -2.37. The smallest absolute Gasteiger partial charge is 0.309 e. The van der Waals surface area contributed by atoms with E-state index in [4.69, 9.17) is 9.15 Å². The van der Waals surface area contributed by atoms with Crippen LogP contribution in [0.4, 0.5) is 5.00 Å². The van der Waals surface area contributed by atoms with Crippen LogP contribution in [-0.4, -0.2) is 36.5 Å². The van der Waals surface area contributed by atoms with Gasteiger partial charge in [0.15, 0.2) is 5.76 Å². The third-order valence-corrected chi connectivity index (χ3v) is 8.93. The number of nitrogens with zero attached hydrogens (tertiary/aromatic N) is 1. The monoisotopic (exact) mass is 498 g/mol. The number of thiophene rings is 2. The maximum atomic E-state index is 12.9. The van der Waals surface area contributed by atoms with Gasteiger partial charge in [-0.2, -0.15) is 0 Å². The van der Waals surface area contributed by atoms with Crippen LogP contribution in [0, 0.1) is 5.92 Å². The van der Waals surface area contributed by atoms with E-state index in [1.165, 1.54) is 40.0 Å². The van der Waals surface area contributed by atoms with Gasteiger partial charge in [0.05, 0.1) is 24.8 Å². The summed E-state index contributed by atoms with van der Waals surface area (Å²) in [6.45, 7) is 3.93. The summed E-state index contributed by atoms with van der Waals surface area (Å²) in [6.07, 6.45) is 7.57. The fourth-order valence-electron chi connectivity index (χ4n) is 5.15. The molecule has 0 saturated carbocycles. The molecule has 3 aromatic rings. The predicted molar refractivity (Wildman–Crippen MR) is 135 cm³/mol. The normalized spacial score (nSPS) is 17.8. The highest BCUT2D eigenvalue weighted by Crippen LogP contribution is 2.47. The number of esters is 1. The van der Waals surface area contributed by atoms with E-state index in [0.717, 1.165) is 43.8 Å². The number of carbonyl (C=O) groups is 2. The number of hydrogen-bond acceptors (Lipinski definition) is 7. The van der Waals surface area contributed by atoms with Crippen LogP contribution in [0.5, 0.6) is 0 Å². The molecule has 6 nitrogen and oxygen atoms in total. The first-order valence-electron chi connectivity index (χ1n) is 12.1. The average molecular weight is 499 g/mol. The molecule has 2 aliphatic rings. The lowest BCUT2D eigenvalue weighted by molar-refractivity contribution is -0.149. The third kappa shape index (κ3) is 4.72. The molecule has 0 spiro atoms. The molecule has 0 unspecified atom stereocenters. The van der Waals surface area contributed by atoms with E-state index >= 15 is 0 Å². The second-order valence-corrected chi connectivity index (χ2v) is 10.9. The van der Waals surface area contributed by atoms with E-state index < -0.39 is 0 Å². The molecule has 1 aliphatic heterocycles. The van der Waals surface area contributed by atoms with E-state index in [0.29, 0.717) is 12.4 Å². The molecule has 1 fully saturated rings. The van der Waals surface area contributed by atoms with Crippen molar-refractivity contribution in [1.29, 1.82) is 0 Å². The number of furan rings is 1. The van der Waals surface area contributed by atoms with Gasteiger partial charge < -0.3 is 14.5 Å². The van der Waals surface area contributed by atoms with Crippen molar-refractivity contribution in [2.24, 2.45) is 5.92 Å². The third-order valence-electron chi connectivity index (χ3n) is 6.78. The Hall–Kier alpha value is -2.42. The van der Waals surface area contributed by atoms with Gasteiger partial charge in [-0.15, -0.1) is 22.7 Å². The summed E-state index contributed by atoms with van der Waals surface area (Å²) in [6, 6.07) is 7.78. The lowest BCUT2D eigenvalue weighted by atomic mass is 9.89. The van der Waals surface area contributed by atoms with Crippen molar-refractivity contribution in [3.05, 3.63) is 62.6 Å². The van der Waals surface area contributed by atoms with Gasteiger partial charge in [-0.25, -0.2) is 0 Å². The van der Waals surface area contributed by atoms with Gasteiger partial charge in [0, 0.05) is 15.3 Å². The summed E-state index contributed by atoms with van der Waals surface area (Å²) in [5, 5.41) is 6.23. The van der Waals surface area contributed by atoms with Crippen molar-refractivity contribution >= 4 is 39.6 Å². The summed E-state index contributed by atoms with van der Waals surface area (Å²) in [7, 11) is 0. The summed E-state index contributed by atoms with van der Waals surface area (Å²) in [5.41, 5.74) is 2.63. The molecule has 180 valence electrons. The molecule has 0 bridgehead atoms. The predicted octanol–water partition coefficient (Wildman–Crippen LogP) is 5.90. The standard InChI is InChI=1S/C26H30N2O4S2/c1-2-31-26(30)17-11-13-28(14-12-17)23(21-10-6-16-33-21)22-18-7-3-4-9-20(18)34-25(22)27-24(29)19-8-5-15-32-19/h5-6,8,10,15-17,23H,2-4,7,9,11-14H2,1H3,(H,27,29)/t23-/m0/s1. The van der Waals surface area contributed by atoms with E-state index in [9.17, 15) is 9.59 Å². The Bertz CT molecular complexity index is 1110. The first-order chi connectivity index (χ1) is 16.7. The van der Waals surface area contributed by atoms with Gasteiger partial charge in [-0.1, -0.05) is 6.07 Å². The quantitative estimate of drug-likeness (QED) is 0.411. The SMILES string of the molecule is CCOC(=O)C1CCN([C@@H](c2cccs2)c2c(NC(=O)c3ccco3)sc3c2CCCC3)CC1. The minimum Gasteiger partial charge on any atom is -0.466 e. The van der Waals surface area contributed by atoms with Crippen LogP contribution in [0.1, 0.15) is 70.1 Å². The van der Waals surface area contributed by atoms with Gasteiger partial charge in [0.2, 0.25) is 0 Å². The number of ether oxygens (including phenoxy) is 1. The van der Waals surface area contributed by atoms with Gasteiger partial charge >= 0.3 is 5.97 Å². The number of rotatable bonds is 7. The Kier molecular flexibility index (Phi) is 7.18. The number of fused-ring (bicyclic) bond motifs is 1. The summed E-state index contributed by atoms with van der Waals surface area (Å²) in [4.78, 5) is 30.4. The summed E-state index contributed by atoms with van der Waals surface area (Å²) < 4.78 is 10.6. The van der Waals surface area contributed by atoms with E-state index in [2.05, 4.69) is 27.7 Å². The number of piperidine rings is 1. The number of carbonyl (C=O) groups excluding carboxylic acids is 2. The molecule has 8 heteroatoms. The van der Waals surface area contributed by atoms with Crippen LogP contribution in [0.25, 0.3) is 0 Å². The van der Waals surface area contributed by atoms with Crippen LogP contribution in [0.15, 0.2) is 40.3 Å². The molecule has 0 aromatic carbocycles.